The van der Waals surface area contributed by atoms with E-state index in [9.17, 15) is 8.42 Å². The van der Waals surface area contributed by atoms with Gasteiger partial charge in [0.25, 0.3) is 0 Å². The number of hydrogen-bond donors (Lipinski definition) is 3. The molecule has 0 aromatic carbocycles. The highest BCUT2D eigenvalue weighted by atomic mass is 32.2. The summed E-state index contributed by atoms with van der Waals surface area (Å²) in [4.78, 5) is 6.81. The molecule has 0 atom stereocenters. The van der Waals surface area contributed by atoms with E-state index in [-0.39, 0.29) is 0 Å². The van der Waals surface area contributed by atoms with E-state index in [1.807, 2.05) is 6.92 Å². The van der Waals surface area contributed by atoms with Gasteiger partial charge < -0.3 is 15.5 Å². The smallest absolute Gasteiger partial charge is 0.208 e. The maximum atomic E-state index is 11.0. The number of hydrogen-bond acceptors (Lipinski definition) is 4. The molecule has 124 valence electrons. The van der Waals surface area contributed by atoms with Crippen LogP contribution in [0, 0.1) is 0 Å². The van der Waals surface area contributed by atoms with E-state index < -0.39 is 10.0 Å². The molecule has 0 unspecified atom stereocenters. The molecule has 1 aliphatic rings. The molecule has 0 saturated carbocycles. The summed E-state index contributed by atoms with van der Waals surface area (Å²) in [6, 6.07) is 0. The summed E-state index contributed by atoms with van der Waals surface area (Å²) in [5, 5.41) is 6.45. The van der Waals surface area contributed by atoms with Gasteiger partial charge in [-0.05, 0) is 32.9 Å². The first-order valence-corrected chi connectivity index (χ1v) is 9.59. The summed E-state index contributed by atoms with van der Waals surface area (Å²) >= 11 is 0. The number of guanidine groups is 1. The molecule has 0 radical (unpaired) electrons. The summed E-state index contributed by atoms with van der Waals surface area (Å²) in [5.74, 6) is 0.741. The SMILES string of the molecule is CCNC(=NCCNS(C)(=O)=O)NCCN1CCCCC1. The highest BCUT2D eigenvalue weighted by Gasteiger charge is 2.09. The van der Waals surface area contributed by atoms with Crippen molar-refractivity contribution in [2.24, 2.45) is 4.99 Å². The zero-order chi connectivity index (χ0) is 15.6. The summed E-state index contributed by atoms with van der Waals surface area (Å²) in [6.45, 7) is 7.79. The molecule has 0 bridgehead atoms. The van der Waals surface area contributed by atoms with Crippen LogP contribution in [-0.2, 0) is 10.0 Å². The van der Waals surface area contributed by atoms with E-state index in [4.69, 9.17) is 0 Å². The van der Waals surface area contributed by atoms with Crippen molar-refractivity contribution >= 4 is 16.0 Å². The first-order chi connectivity index (χ1) is 10.0. The molecule has 1 fully saturated rings. The maximum Gasteiger partial charge on any atom is 0.208 e. The van der Waals surface area contributed by atoms with Gasteiger partial charge in [-0.25, -0.2) is 13.1 Å². The third kappa shape index (κ3) is 9.65. The highest BCUT2D eigenvalue weighted by Crippen LogP contribution is 2.07. The van der Waals surface area contributed by atoms with Crippen molar-refractivity contribution in [3.8, 4) is 0 Å². The molecule has 21 heavy (non-hydrogen) atoms. The molecule has 0 spiro atoms. The lowest BCUT2D eigenvalue weighted by Crippen LogP contribution is -2.43. The van der Waals surface area contributed by atoms with Crippen LogP contribution in [0.4, 0.5) is 0 Å². The Bertz CT molecular complexity index is 405. The molecule has 0 aromatic rings. The lowest BCUT2D eigenvalue weighted by atomic mass is 10.1. The lowest BCUT2D eigenvalue weighted by Gasteiger charge is -2.26. The number of likely N-dealkylation sites (tertiary alicyclic amines) is 1. The molecule has 1 heterocycles. The summed E-state index contributed by atoms with van der Waals surface area (Å²) in [7, 11) is -3.13. The van der Waals surface area contributed by atoms with Crippen LogP contribution in [0.15, 0.2) is 4.99 Å². The van der Waals surface area contributed by atoms with Crippen molar-refractivity contribution in [3.63, 3.8) is 0 Å². The second-order valence-corrected chi connectivity index (χ2v) is 7.09. The second kappa shape index (κ2) is 9.97. The van der Waals surface area contributed by atoms with Crippen LogP contribution < -0.4 is 15.4 Å². The lowest BCUT2D eigenvalue weighted by molar-refractivity contribution is 0.232. The van der Waals surface area contributed by atoms with Gasteiger partial charge in [0.1, 0.15) is 0 Å². The van der Waals surface area contributed by atoms with Gasteiger partial charge in [-0.15, -0.1) is 0 Å². The fourth-order valence-corrected chi connectivity index (χ4v) is 2.72. The average Bonchev–Trinajstić information content (AvgIpc) is 2.43. The maximum absolute atomic E-state index is 11.0. The monoisotopic (exact) mass is 319 g/mol. The fraction of sp³-hybridized carbons (Fsp3) is 0.923. The third-order valence-corrected chi connectivity index (χ3v) is 3.99. The van der Waals surface area contributed by atoms with Crippen molar-refractivity contribution < 1.29 is 8.42 Å². The topological polar surface area (TPSA) is 85.8 Å². The van der Waals surface area contributed by atoms with Gasteiger partial charge in [-0.3, -0.25) is 4.99 Å². The number of aliphatic imine (C=N–C) groups is 1. The van der Waals surface area contributed by atoms with Gasteiger partial charge >= 0.3 is 0 Å². The van der Waals surface area contributed by atoms with Gasteiger partial charge in [0.15, 0.2) is 5.96 Å². The molecular formula is C13H29N5O2S. The van der Waals surface area contributed by atoms with Gasteiger partial charge in [0.05, 0.1) is 12.8 Å². The molecule has 7 nitrogen and oxygen atoms in total. The van der Waals surface area contributed by atoms with Crippen LogP contribution >= 0.6 is 0 Å². The highest BCUT2D eigenvalue weighted by molar-refractivity contribution is 7.88. The van der Waals surface area contributed by atoms with Crippen molar-refractivity contribution in [2.75, 3.05) is 52.1 Å². The molecular weight excluding hydrogens is 290 g/mol. The molecule has 1 rings (SSSR count). The molecule has 0 aliphatic carbocycles. The Morgan fingerprint density at radius 3 is 2.48 bits per heavy atom. The van der Waals surface area contributed by atoms with Crippen molar-refractivity contribution in [2.45, 2.75) is 26.2 Å². The van der Waals surface area contributed by atoms with Crippen LogP contribution in [0.5, 0.6) is 0 Å². The second-order valence-electron chi connectivity index (χ2n) is 5.26. The summed E-state index contributed by atoms with van der Waals surface area (Å²) in [6.07, 6.45) is 5.09. The van der Waals surface area contributed by atoms with E-state index in [0.717, 1.165) is 31.8 Å². The first kappa shape index (κ1) is 18.2. The Kier molecular flexibility index (Phi) is 8.63. The first-order valence-electron chi connectivity index (χ1n) is 7.70. The Morgan fingerprint density at radius 1 is 1.14 bits per heavy atom. The molecule has 1 saturated heterocycles. The fourth-order valence-electron chi connectivity index (χ4n) is 2.26. The third-order valence-electron chi connectivity index (χ3n) is 3.26. The van der Waals surface area contributed by atoms with Crippen LogP contribution in [0.1, 0.15) is 26.2 Å². The van der Waals surface area contributed by atoms with E-state index >= 15 is 0 Å². The van der Waals surface area contributed by atoms with Crippen molar-refractivity contribution in [1.29, 1.82) is 0 Å². The van der Waals surface area contributed by atoms with E-state index in [2.05, 4.69) is 25.2 Å². The van der Waals surface area contributed by atoms with Crippen molar-refractivity contribution in [3.05, 3.63) is 0 Å². The number of nitrogens with one attached hydrogen (secondary N) is 3. The van der Waals surface area contributed by atoms with E-state index in [1.54, 1.807) is 0 Å². The minimum Gasteiger partial charge on any atom is -0.357 e. The van der Waals surface area contributed by atoms with Crippen LogP contribution in [0.2, 0.25) is 0 Å². The van der Waals surface area contributed by atoms with Crippen LogP contribution in [-0.4, -0.2) is 71.3 Å². The molecule has 0 aromatic heterocycles. The Balaban J connectivity index is 2.24. The normalized spacial score (nSPS) is 17.7. The number of piperidine rings is 1. The van der Waals surface area contributed by atoms with E-state index in [1.165, 1.54) is 32.4 Å². The Hall–Kier alpha value is -0.860. The van der Waals surface area contributed by atoms with Gasteiger partial charge in [-0.1, -0.05) is 6.42 Å². The minimum absolute atomic E-state index is 0.321. The number of sulfonamides is 1. The predicted octanol–water partition coefficient (Wildman–Crippen LogP) is -0.423. The van der Waals surface area contributed by atoms with Gasteiger partial charge in [-0.2, -0.15) is 0 Å². The van der Waals surface area contributed by atoms with Gasteiger partial charge in [0.2, 0.25) is 10.0 Å². The standard InChI is InChI=1S/C13H29N5O2S/c1-3-14-13(15-7-8-17-21(2,19)20)16-9-12-18-10-5-4-6-11-18/h17H,3-12H2,1-2H3,(H2,14,15,16). The van der Waals surface area contributed by atoms with Crippen molar-refractivity contribution in [1.82, 2.24) is 20.3 Å². The largest absolute Gasteiger partial charge is 0.357 e. The molecule has 3 N–H and O–H groups in total. The van der Waals surface area contributed by atoms with Crippen LogP contribution in [0.25, 0.3) is 0 Å². The number of nitrogens with zero attached hydrogens (tertiary/aromatic N) is 2. The number of rotatable bonds is 8. The molecule has 8 heteroatoms. The van der Waals surface area contributed by atoms with Crippen LogP contribution in [0.3, 0.4) is 0 Å². The minimum atomic E-state index is -3.13. The predicted molar refractivity (Wildman–Crippen MR) is 87.1 cm³/mol. The Morgan fingerprint density at radius 2 is 1.86 bits per heavy atom. The van der Waals surface area contributed by atoms with E-state index in [0.29, 0.717) is 13.1 Å². The molecule has 1 aliphatic heterocycles. The quantitative estimate of drug-likeness (QED) is 0.321. The Labute approximate surface area is 128 Å². The molecule has 0 amide bonds. The average molecular weight is 319 g/mol. The van der Waals surface area contributed by atoms with Gasteiger partial charge in [0, 0.05) is 26.2 Å². The zero-order valence-electron chi connectivity index (χ0n) is 13.2. The summed E-state index contributed by atoms with van der Waals surface area (Å²) < 4.78 is 24.3. The summed E-state index contributed by atoms with van der Waals surface area (Å²) in [5.41, 5.74) is 0. The zero-order valence-corrected chi connectivity index (χ0v) is 14.0.